The molecule has 0 spiro atoms. The Labute approximate surface area is 380 Å². The number of hydrogen-bond donors (Lipinski definition) is 3. The third-order valence-electron chi connectivity index (χ3n) is 13.0. The Hall–Kier alpha value is -6.16. The predicted octanol–water partition coefficient (Wildman–Crippen LogP) is 10.3. The van der Waals surface area contributed by atoms with E-state index in [9.17, 15) is 14.4 Å². The first-order valence-electron chi connectivity index (χ1n) is 22.7. The molecule has 2 saturated heterocycles. The molecule has 3 fully saturated rings. The van der Waals surface area contributed by atoms with Crippen molar-refractivity contribution >= 4 is 40.3 Å². The highest BCUT2D eigenvalue weighted by molar-refractivity contribution is 7.12. The van der Waals surface area contributed by atoms with E-state index in [1.54, 1.807) is 33.5 Å². The molecule has 16 heteroatoms. The number of ether oxygens (including phenoxy) is 3. The zero-order valence-corrected chi connectivity index (χ0v) is 38.4. The Morgan fingerprint density at radius 1 is 0.908 bits per heavy atom. The number of amides is 3. The molecule has 3 N–H and O–H groups in total. The van der Waals surface area contributed by atoms with Gasteiger partial charge in [0.05, 0.1) is 64.6 Å². The number of nitrogens with one attached hydrogen (secondary N) is 3. The van der Waals surface area contributed by atoms with Crippen molar-refractivity contribution in [1.82, 2.24) is 39.6 Å². The van der Waals surface area contributed by atoms with Gasteiger partial charge < -0.3 is 34.4 Å². The number of thiophene rings is 1. The van der Waals surface area contributed by atoms with Crippen molar-refractivity contribution in [1.29, 1.82) is 0 Å². The maximum absolute atomic E-state index is 16.9. The Morgan fingerprint density at radius 3 is 2.28 bits per heavy atom. The van der Waals surface area contributed by atoms with Gasteiger partial charge in [0.25, 0.3) is 0 Å². The van der Waals surface area contributed by atoms with E-state index in [-0.39, 0.29) is 30.0 Å². The van der Waals surface area contributed by atoms with E-state index in [2.05, 4.69) is 44.1 Å². The lowest BCUT2D eigenvalue weighted by molar-refractivity contribution is -0.135. The van der Waals surface area contributed by atoms with Crippen LogP contribution in [0.1, 0.15) is 113 Å². The molecule has 0 radical (unpaired) electrons. The molecule has 4 aromatic heterocycles. The second-order valence-electron chi connectivity index (χ2n) is 19.2. The number of methoxy groups -OCH3 is 1. The maximum atomic E-state index is 16.9. The predicted molar refractivity (Wildman–Crippen MR) is 245 cm³/mol. The molecule has 0 bridgehead atoms. The minimum absolute atomic E-state index is 0.164. The monoisotopic (exact) mass is 902 g/mol. The fourth-order valence-electron chi connectivity index (χ4n) is 9.62. The van der Waals surface area contributed by atoms with Crippen LogP contribution in [0.5, 0.6) is 5.75 Å². The standard InChI is InChI=1S/C49H55FN8O6S/c1-26(2)42(55-47(60)62-6)45(59)56-17-7-9-36(56)43-52-25-34(54-43)29-21-32(50)41-38-22-30-20-28(33-24-51-44(53-33)37-10-8-18-57(37)48(61)64-49(3,4)5)13-15-35(30)58(38)46(63-39(41)23-29)40-16-14-31(65-40)19-27-11-12-27/h13-16,20-27,36-37,42,46H,7-12,17-19H2,1-6H3,(H,51,53)(H,52,54)(H,55,60). The van der Waals surface area contributed by atoms with E-state index in [1.807, 2.05) is 52.8 Å². The number of benzene rings is 2. The number of carbonyl (C=O) groups is 3. The number of halogens is 1. The molecule has 65 heavy (non-hydrogen) atoms. The van der Waals surface area contributed by atoms with Crippen LogP contribution in [0.15, 0.2) is 60.9 Å². The quantitative estimate of drug-likeness (QED) is 0.123. The number of hydrogen-bond acceptors (Lipinski definition) is 9. The zero-order valence-electron chi connectivity index (χ0n) is 37.6. The Balaban J connectivity index is 0.976. The molecule has 1 saturated carbocycles. The first-order valence-corrected chi connectivity index (χ1v) is 23.5. The minimum atomic E-state index is -0.758. The van der Waals surface area contributed by atoms with Crippen molar-refractivity contribution < 1.29 is 33.0 Å². The summed E-state index contributed by atoms with van der Waals surface area (Å²) in [4.78, 5) is 61.2. The third kappa shape index (κ3) is 8.25. The molecule has 14 nitrogen and oxygen atoms in total. The van der Waals surface area contributed by atoms with E-state index in [4.69, 9.17) is 24.2 Å². The molecule has 1 aliphatic carbocycles. The van der Waals surface area contributed by atoms with Gasteiger partial charge in [0.2, 0.25) is 12.1 Å². The van der Waals surface area contributed by atoms with E-state index in [0.29, 0.717) is 59.4 Å². The highest BCUT2D eigenvalue weighted by atomic mass is 32.1. The Kier molecular flexibility index (Phi) is 11.0. The highest BCUT2D eigenvalue weighted by Crippen LogP contribution is 2.49. The number of aromatic nitrogens is 5. The number of aromatic amines is 2. The molecule has 3 amide bonds. The molecule has 7 heterocycles. The minimum Gasteiger partial charge on any atom is -0.464 e. The summed E-state index contributed by atoms with van der Waals surface area (Å²) in [5, 5.41) is 3.61. The van der Waals surface area contributed by atoms with E-state index < -0.39 is 29.8 Å². The van der Waals surface area contributed by atoms with Gasteiger partial charge in [0.15, 0.2) is 0 Å². The van der Waals surface area contributed by atoms with Crippen LogP contribution in [0.2, 0.25) is 0 Å². The number of rotatable bonds is 10. The largest absolute Gasteiger partial charge is 0.464 e. The van der Waals surface area contributed by atoms with Crippen LogP contribution in [0, 0.1) is 17.7 Å². The number of carbonyl (C=O) groups excluding carboxylic acids is 3. The van der Waals surface area contributed by atoms with Gasteiger partial charge in [-0.3, -0.25) is 14.3 Å². The highest BCUT2D eigenvalue weighted by Gasteiger charge is 2.39. The van der Waals surface area contributed by atoms with Gasteiger partial charge in [-0.15, -0.1) is 11.3 Å². The fourth-order valence-corrected chi connectivity index (χ4v) is 10.8. The number of nitrogens with zero attached hydrogens (tertiary/aromatic N) is 5. The number of H-pyrrole nitrogens is 2. The van der Waals surface area contributed by atoms with Gasteiger partial charge >= 0.3 is 12.2 Å². The van der Waals surface area contributed by atoms with E-state index in [0.717, 1.165) is 58.6 Å². The number of imidazole rings is 2. The van der Waals surface area contributed by atoms with Crippen LogP contribution in [0.3, 0.4) is 0 Å². The summed E-state index contributed by atoms with van der Waals surface area (Å²) >= 11 is 1.74. The zero-order chi connectivity index (χ0) is 45.3. The van der Waals surface area contributed by atoms with Crippen molar-refractivity contribution in [3.8, 4) is 39.5 Å². The van der Waals surface area contributed by atoms with Crippen molar-refractivity contribution in [2.24, 2.45) is 11.8 Å². The first kappa shape index (κ1) is 42.8. The molecular formula is C49H55FN8O6S. The lowest BCUT2D eigenvalue weighted by Crippen LogP contribution is -2.51. The van der Waals surface area contributed by atoms with Crippen LogP contribution in [0.4, 0.5) is 14.0 Å². The third-order valence-corrected chi connectivity index (χ3v) is 14.1. The van der Waals surface area contributed by atoms with Gasteiger partial charge in [-0.05, 0) is 120 Å². The summed E-state index contributed by atoms with van der Waals surface area (Å²) in [7, 11) is 1.28. The summed E-state index contributed by atoms with van der Waals surface area (Å²) in [6.45, 7) is 10.5. The van der Waals surface area contributed by atoms with Crippen LogP contribution in [-0.4, -0.2) is 84.2 Å². The molecule has 3 aliphatic heterocycles. The van der Waals surface area contributed by atoms with Gasteiger partial charge in [0, 0.05) is 34.5 Å². The first-order chi connectivity index (χ1) is 31.2. The SMILES string of the molecule is COC(=O)NC(C(=O)N1CCCC1c1ncc(-c2cc(F)c3c(c2)OC(c2ccc(CC4CC4)s2)n2c-3cc3cc(-c4cnc(C5CCCN5C(=O)OC(C)(C)C)[nH]4)ccc32)[nH]1)C(C)C. The van der Waals surface area contributed by atoms with Crippen molar-refractivity contribution in [2.45, 2.75) is 110 Å². The smallest absolute Gasteiger partial charge is 0.410 e. The number of fused-ring (bicyclic) bond motifs is 5. The molecule has 6 aromatic rings. The summed E-state index contributed by atoms with van der Waals surface area (Å²) < 4.78 is 36.4. The molecule has 4 atom stereocenters. The van der Waals surface area contributed by atoms with Gasteiger partial charge in [-0.1, -0.05) is 19.9 Å². The Bertz CT molecular complexity index is 2800. The summed E-state index contributed by atoms with van der Waals surface area (Å²) in [5.74, 6) is 1.65. The van der Waals surface area contributed by atoms with E-state index >= 15 is 4.39 Å². The molecule has 340 valence electrons. The lowest BCUT2D eigenvalue weighted by Gasteiger charge is -2.30. The second-order valence-corrected chi connectivity index (χ2v) is 20.4. The molecule has 2 aromatic carbocycles. The summed E-state index contributed by atoms with van der Waals surface area (Å²) in [6, 6.07) is 14.6. The van der Waals surface area contributed by atoms with Gasteiger partial charge in [-0.2, -0.15) is 0 Å². The van der Waals surface area contributed by atoms with Crippen molar-refractivity contribution in [3.05, 3.63) is 88.1 Å². The Morgan fingerprint density at radius 2 is 1.60 bits per heavy atom. The summed E-state index contributed by atoms with van der Waals surface area (Å²) in [5.41, 5.74) is 4.28. The maximum Gasteiger partial charge on any atom is 0.410 e. The van der Waals surface area contributed by atoms with Crippen LogP contribution in [-0.2, 0) is 20.7 Å². The van der Waals surface area contributed by atoms with Crippen LogP contribution >= 0.6 is 11.3 Å². The van der Waals surface area contributed by atoms with Gasteiger partial charge in [-0.25, -0.2) is 23.9 Å². The molecular weight excluding hydrogens is 848 g/mol. The second kappa shape index (κ2) is 16.7. The van der Waals surface area contributed by atoms with Crippen LogP contribution < -0.4 is 10.1 Å². The van der Waals surface area contributed by atoms with E-state index in [1.165, 1.54) is 30.9 Å². The molecule has 4 aliphatic rings. The van der Waals surface area contributed by atoms with Crippen LogP contribution in [0.25, 0.3) is 44.7 Å². The van der Waals surface area contributed by atoms with Crippen molar-refractivity contribution in [3.63, 3.8) is 0 Å². The molecule has 4 unspecified atom stereocenters. The average Bonchev–Trinajstić information content (AvgIpc) is 3.99. The van der Waals surface area contributed by atoms with Crippen molar-refractivity contribution in [2.75, 3.05) is 20.2 Å². The lowest BCUT2D eigenvalue weighted by atomic mass is 10.0. The summed E-state index contributed by atoms with van der Waals surface area (Å²) in [6.07, 6.45) is 8.61. The normalized spacial score (nSPS) is 19.9. The fraction of sp³-hybridized carbons (Fsp3) is 0.449. The van der Waals surface area contributed by atoms with Gasteiger partial charge in [0.1, 0.15) is 34.9 Å². The topological polar surface area (TPSA) is 160 Å². The number of alkyl carbamates (subject to hydrolysis) is 1. The average molecular weight is 903 g/mol. The number of likely N-dealkylation sites (tertiary alicyclic amines) is 2. The molecule has 10 rings (SSSR count).